The van der Waals surface area contributed by atoms with Gasteiger partial charge in [0.2, 0.25) is 0 Å². The molecule has 6 aromatic carbocycles. The molecule has 0 unspecified atom stereocenters. The quantitative estimate of drug-likeness (QED) is 0.204. The molecule has 0 aliphatic carbocycles. The molecule has 0 spiro atoms. The standard InChI is InChI=1S/2C15H11.2ClH.Hf/c2*1-2-7-12(6-1)15-11-5-9-13-8-3-4-10-14(13)15;;;/h2*1-11H;2*1H;/q2*-1;;;+4/p-2. The Balaban J connectivity index is 0.000000214. The summed E-state index contributed by atoms with van der Waals surface area (Å²) in [6, 6.07) is 46.8. The van der Waals surface area contributed by atoms with E-state index in [2.05, 4.69) is 133 Å². The maximum absolute atomic E-state index is 2.18. The Morgan fingerprint density at radius 3 is 1.21 bits per heavy atom. The van der Waals surface area contributed by atoms with Crippen molar-refractivity contribution in [1.29, 1.82) is 0 Å². The summed E-state index contributed by atoms with van der Waals surface area (Å²) in [5.74, 6) is 0. The average molecular weight is 632 g/mol. The number of fused-ring (bicyclic) bond motifs is 2. The first-order valence-electron chi connectivity index (χ1n) is 10.3. The summed E-state index contributed by atoms with van der Waals surface area (Å²) in [5, 5.41) is 5.25. The Kier molecular flexibility index (Phi) is 10.3. The minimum atomic E-state index is 0. The van der Waals surface area contributed by atoms with Gasteiger partial charge in [-0.2, -0.15) is 47.5 Å². The molecular formula is C30H22Cl2Hf. The topological polar surface area (TPSA) is 0 Å². The van der Waals surface area contributed by atoms with Crippen molar-refractivity contribution in [2.24, 2.45) is 0 Å². The zero-order valence-corrected chi connectivity index (χ0v) is 23.1. The van der Waals surface area contributed by atoms with Crippen LogP contribution in [-0.4, -0.2) is 0 Å². The third-order valence-electron chi connectivity index (χ3n) is 5.53. The fourth-order valence-electron chi connectivity index (χ4n) is 4.06. The first-order chi connectivity index (χ1) is 14.9. The van der Waals surface area contributed by atoms with Gasteiger partial charge in [-0.15, -0.1) is 0 Å². The summed E-state index contributed by atoms with van der Waals surface area (Å²) in [4.78, 5) is 0. The predicted molar refractivity (Wildman–Crippen MR) is 130 cm³/mol. The number of rotatable bonds is 2. The zero-order valence-electron chi connectivity index (χ0n) is 18.0. The van der Waals surface area contributed by atoms with Gasteiger partial charge in [-0.05, 0) is 21.5 Å². The van der Waals surface area contributed by atoms with Gasteiger partial charge in [0, 0.05) is 0 Å². The van der Waals surface area contributed by atoms with Crippen molar-refractivity contribution in [1.82, 2.24) is 0 Å². The van der Waals surface area contributed by atoms with Crippen molar-refractivity contribution >= 4 is 21.5 Å². The molecule has 0 nitrogen and oxygen atoms in total. The molecule has 160 valence electrons. The van der Waals surface area contributed by atoms with E-state index in [0.29, 0.717) is 0 Å². The van der Waals surface area contributed by atoms with Gasteiger partial charge in [-0.25, -0.2) is 12.1 Å². The van der Waals surface area contributed by atoms with Gasteiger partial charge in [0.25, 0.3) is 0 Å². The van der Waals surface area contributed by atoms with Crippen LogP contribution in [0.5, 0.6) is 0 Å². The van der Waals surface area contributed by atoms with Crippen molar-refractivity contribution in [3.63, 3.8) is 0 Å². The second-order valence-corrected chi connectivity index (χ2v) is 7.40. The van der Waals surface area contributed by atoms with Gasteiger partial charge in [-0.1, -0.05) is 96.1 Å². The molecule has 0 saturated heterocycles. The molecule has 0 saturated carbocycles. The van der Waals surface area contributed by atoms with Gasteiger partial charge >= 0.3 is 25.8 Å². The van der Waals surface area contributed by atoms with Crippen LogP contribution in [0.25, 0.3) is 43.8 Å². The van der Waals surface area contributed by atoms with Crippen LogP contribution in [0.15, 0.2) is 133 Å². The molecule has 6 aromatic rings. The van der Waals surface area contributed by atoms with E-state index in [-0.39, 0.29) is 50.7 Å². The maximum atomic E-state index is 2.18. The van der Waals surface area contributed by atoms with E-state index in [1.54, 1.807) is 0 Å². The van der Waals surface area contributed by atoms with E-state index in [9.17, 15) is 0 Å². The van der Waals surface area contributed by atoms with Gasteiger partial charge in [0.15, 0.2) is 0 Å². The summed E-state index contributed by atoms with van der Waals surface area (Å²) < 4.78 is 0. The van der Waals surface area contributed by atoms with Crippen molar-refractivity contribution in [3.05, 3.63) is 133 Å². The Labute approximate surface area is 226 Å². The van der Waals surface area contributed by atoms with Gasteiger partial charge < -0.3 is 24.8 Å². The van der Waals surface area contributed by atoms with Crippen molar-refractivity contribution in [3.8, 4) is 22.3 Å². The smallest absolute Gasteiger partial charge is 1.00 e. The summed E-state index contributed by atoms with van der Waals surface area (Å²) in [5.41, 5.74) is 5.23. The van der Waals surface area contributed by atoms with Crippen LogP contribution in [0.3, 0.4) is 0 Å². The normalized spacial score (nSPS) is 9.70. The molecule has 0 heterocycles. The van der Waals surface area contributed by atoms with Gasteiger partial charge in [-0.3, -0.25) is 0 Å². The Morgan fingerprint density at radius 2 is 0.818 bits per heavy atom. The zero-order chi connectivity index (χ0) is 20.2. The molecule has 0 atom stereocenters. The Hall–Kier alpha value is -2.45. The third-order valence-corrected chi connectivity index (χ3v) is 5.53. The minimum Gasteiger partial charge on any atom is -1.00 e. The first kappa shape index (κ1) is 26.8. The summed E-state index contributed by atoms with van der Waals surface area (Å²) in [7, 11) is 0. The van der Waals surface area contributed by atoms with Crippen LogP contribution in [0.1, 0.15) is 0 Å². The summed E-state index contributed by atoms with van der Waals surface area (Å²) in [6.45, 7) is 0. The predicted octanol–water partition coefficient (Wildman–Crippen LogP) is 2.46. The van der Waals surface area contributed by atoms with Gasteiger partial charge in [0.05, 0.1) is 0 Å². The molecule has 0 bridgehead atoms. The van der Waals surface area contributed by atoms with E-state index in [0.717, 1.165) is 0 Å². The molecule has 33 heavy (non-hydrogen) atoms. The van der Waals surface area contributed by atoms with Crippen LogP contribution < -0.4 is 24.8 Å². The second kappa shape index (κ2) is 12.7. The van der Waals surface area contributed by atoms with E-state index in [1.165, 1.54) is 43.8 Å². The van der Waals surface area contributed by atoms with E-state index >= 15 is 0 Å². The number of hydrogen-bond donors (Lipinski definition) is 0. The molecule has 0 aromatic heterocycles. The number of benzene rings is 4. The van der Waals surface area contributed by atoms with Crippen LogP contribution in [-0.2, 0) is 25.8 Å². The molecule has 6 rings (SSSR count). The molecule has 3 heteroatoms. The van der Waals surface area contributed by atoms with Crippen LogP contribution in [0.2, 0.25) is 0 Å². The molecule has 0 N–H and O–H groups in total. The van der Waals surface area contributed by atoms with E-state index in [4.69, 9.17) is 0 Å². The number of hydrogen-bond acceptors (Lipinski definition) is 0. The van der Waals surface area contributed by atoms with Gasteiger partial charge in [0.1, 0.15) is 0 Å². The van der Waals surface area contributed by atoms with Crippen LogP contribution >= 0.6 is 0 Å². The fourth-order valence-corrected chi connectivity index (χ4v) is 4.06. The fraction of sp³-hybridized carbons (Fsp3) is 0. The number of halogens is 2. The second-order valence-electron chi connectivity index (χ2n) is 7.40. The monoisotopic (exact) mass is 632 g/mol. The summed E-state index contributed by atoms with van der Waals surface area (Å²) >= 11 is 0. The molecule has 0 amide bonds. The van der Waals surface area contributed by atoms with Crippen LogP contribution in [0, 0.1) is 0 Å². The molecular weight excluding hydrogens is 610 g/mol. The van der Waals surface area contributed by atoms with Crippen LogP contribution in [0.4, 0.5) is 0 Å². The van der Waals surface area contributed by atoms with Crippen molar-refractivity contribution < 1.29 is 50.7 Å². The first-order valence-corrected chi connectivity index (χ1v) is 10.3. The Bertz CT molecular complexity index is 1260. The Morgan fingerprint density at radius 1 is 0.424 bits per heavy atom. The SMILES string of the molecule is [Cl-].[Cl-].[Hf+4].c1ccc2c(-c3cc[cH-]c3)cccc2c1.c1ccc2c(-c3cc[cH-]c3)cccc2c1. The van der Waals surface area contributed by atoms with Crippen molar-refractivity contribution in [2.45, 2.75) is 0 Å². The molecule has 0 aliphatic heterocycles. The minimum absolute atomic E-state index is 0. The third kappa shape index (κ3) is 5.92. The maximum Gasteiger partial charge on any atom is 4.00 e. The largest absolute Gasteiger partial charge is 4.00 e. The van der Waals surface area contributed by atoms with Crippen molar-refractivity contribution in [2.75, 3.05) is 0 Å². The van der Waals surface area contributed by atoms with E-state index < -0.39 is 0 Å². The van der Waals surface area contributed by atoms with E-state index in [1.807, 2.05) is 0 Å². The molecule has 0 aliphatic rings. The average Bonchev–Trinajstić information content (AvgIpc) is 3.53. The summed E-state index contributed by atoms with van der Waals surface area (Å²) in [6.07, 6.45) is 0. The molecule has 0 fully saturated rings. The molecule has 0 radical (unpaired) electrons.